The normalized spacial score (nSPS) is 11.6. The maximum absolute atomic E-state index is 15.4. The molecule has 428 valence electrons. The van der Waals surface area contributed by atoms with Crippen molar-refractivity contribution >= 4 is 50.8 Å². The maximum Gasteiger partial charge on any atom is 0.345 e. The lowest BCUT2D eigenvalue weighted by molar-refractivity contribution is -0.144. The number of hydrogen-bond acceptors (Lipinski definition) is 4. The van der Waals surface area contributed by atoms with Gasteiger partial charge in [-0.25, -0.2) is 97.4 Å². The summed E-state index contributed by atoms with van der Waals surface area (Å²) in [6.07, 6.45) is 19.1. The van der Waals surface area contributed by atoms with Crippen molar-refractivity contribution < 1.29 is 107 Å². The first-order chi connectivity index (χ1) is 36.2. The molecule has 0 fully saturated rings. The number of methoxy groups -OCH3 is 2. The predicted octanol–water partition coefficient (Wildman–Crippen LogP) is 13.0. The first kappa shape index (κ1) is 65.9. The van der Waals surface area contributed by atoms with Crippen molar-refractivity contribution in [3.05, 3.63) is 127 Å². The van der Waals surface area contributed by atoms with E-state index in [9.17, 15) is 62.3 Å². The number of unbranched alkanes of at least 4 members (excludes halogenated alkanes) is 15. The van der Waals surface area contributed by atoms with Crippen LogP contribution in [0.5, 0.6) is 0 Å². The summed E-state index contributed by atoms with van der Waals surface area (Å²) < 4.78 is 304. The van der Waals surface area contributed by atoms with Gasteiger partial charge in [0.1, 0.15) is 64.0 Å². The average Bonchev–Trinajstić information content (AvgIpc) is 3.40. The van der Waals surface area contributed by atoms with Crippen LogP contribution in [0.3, 0.4) is 0 Å². The van der Waals surface area contributed by atoms with Gasteiger partial charge in [0.05, 0.1) is 26.7 Å². The van der Waals surface area contributed by atoms with Gasteiger partial charge in [0, 0.05) is 5.57 Å². The lowest BCUT2D eigenvalue weighted by Crippen LogP contribution is -2.81. The van der Waals surface area contributed by atoms with Crippen LogP contribution in [-0.2, 0) is 30.0 Å². The second-order valence-electron chi connectivity index (χ2n) is 17.9. The maximum atomic E-state index is 15.4. The van der Waals surface area contributed by atoms with Crippen molar-refractivity contribution in [2.45, 2.75) is 116 Å². The van der Waals surface area contributed by atoms with Crippen molar-refractivity contribution in [1.82, 2.24) is 0 Å². The van der Waals surface area contributed by atoms with E-state index in [2.05, 4.69) is 19.4 Å². The Morgan fingerprint density at radius 1 is 0.338 bits per heavy atom. The SMILES string of the molecule is CCCCCCCCCCCCCCCCCCC(C[S+](C)C)=C(C(=O)OC)C(=O)OC.Fc1c(F)c(F)c([B-](c2c(F)c(F)c(F)c(F)c2F)(c2c(F)c(F)c(F)c(F)c2F)c2c(F)c(F)c(F)c(F)c2F)c(F)c1F. The molecule has 0 heterocycles. The molecule has 0 atom stereocenters. The molecule has 26 heteroatoms. The van der Waals surface area contributed by atoms with Crippen molar-refractivity contribution in [2.24, 2.45) is 0 Å². The topological polar surface area (TPSA) is 52.6 Å². The number of carbonyl (C=O) groups excluding carboxylic acids is 2. The molecule has 0 bridgehead atoms. The standard InChI is InChI=1S/C27H51O4S.C24BF20/c1-6-7-8-9-10-11-12-13-14-15-16-17-18-19-20-21-22-24(23-32(4)5)25(26(28)30-2)27(29)31-3;26-5-1(6(27)14(35)21(42)13(5)34)25(2-7(28)15(36)22(43)16(37)8(2)29,3-9(30)17(38)23(44)18(39)10(3)31)4-11(32)19(40)24(45)20(41)12(4)33/h6-23H2,1-5H3;/q+1;-1. The smallest absolute Gasteiger partial charge is 0.345 e. The largest absolute Gasteiger partial charge is 0.465 e. The van der Waals surface area contributed by atoms with Crippen LogP contribution in [0.4, 0.5) is 87.8 Å². The third-order valence-corrected chi connectivity index (χ3v) is 13.6. The Morgan fingerprint density at radius 2 is 0.532 bits per heavy atom. The highest BCUT2D eigenvalue weighted by Gasteiger charge is 2.52. The molecule has 0 radical (unpaired) electrons. The summed E-state index contributed by atoms with van der Waals surface area (Å²) in [5.74, 6) is -71.8. The monoisotopic (exact) mass is 1150 g/mol. The number of esters is 2. The van der Waals surface area contributed by atoms with E-state index in [1.807, 2.05) is 0 Å². The summed E-state index contributed by atoms with van der Waals surface area (Å²) in [6, 6.07) is 0. The van der Waals surface area contributed by atoms with Gasteiger partial charge in [-0.15, -0.1) is 21.9 Å². The molecule has 0 aliphatic heterocycles. The van der Waals surface area contributed by atoms with Gasteiger partial charge in [-0.3, -0.25) is 0 Å². The van der Waals surface area contributed by atoms with Gasteiger partial charge < -0.3 is 9.47 Å². The van der Waals surface area contributed by atoms with E-state index in [1.54, 1.807) is 0 Å². The molecule has 0 N–H and O–H groups in total. The fraction of sp³-hybridized carbons (Fsp3) is 0.451. The Morgan fingerprint density at radius 3 is 0.727 bits per heavy atom. The second kappa shape index (κ2) is 29.5. The number of benzene rings is 4. The molecule has 0 aliphatic carbocycles. The van der Waals surface area contributed by atoms with Crippen molar-refractivity contribution in [3.8, 4) is 0 Å². The molecule has 4 aromatic rings. The predicted molar refractivity (Wildman–Crippen MR) is 249 cm³/mol. The fourth-order valence-electron chi connectivity index (χ4n) is 8.95. The molecule has 4 nitrogen and oxygen atoms in total. The van der Waals surface area contributed by atoms with E-state index >= 15 is 35.1 Å². The molecule has 0 amide bonds. The molecule has 4 rings (SSSR count). The van der Waals surface area contributed by atoms with Crippen LogP contribution in [0.2, 0.25) is 0 Å². The minimum absolute atomic E-state index is 0.105. The number of rotatable bonds is 25. The van der Waals surface area contributed by atoms with E-state index < -0.39 is 156 Å². The first-order valence-electron chi connectivity index (χ1n) is 23.8. The zero-order valence-electron chi connectivity index (χ0n) is 41.9. The molecule has 0 unspecified atom stereocenters. The van der Waals surface area contributed by atoms with Crippen LogP contribution in [0, 0.1) is 116 Å². The Labute approximate surface area is 432 Å². The van der Waals surface area contributed by atoms with Gasteiger partial charge in [0.15, 0.2) is 69.8 Å². The molecule has 0 aliphatic rings. The van der Waals surface area contributed by atoms with Crippen LogP contribution < -0.4 is 21.9 Å². The number of halogens is 20. The Bertz CT molecular complexity index is 2390. The highest BCUT2D eigenvalue weighted by molar-refractivity contribution is 7.95. The quantitative estimate of drug-likeness (QED) is 0.00634. The molecular weight excluding hydrogens is 1100 g/mol. The van der Waals surface area contributed by atoms with Gasteiger partial charge in [0.25, 0.3) is 0 Å². The van der Waals surface area contributed by atoms with E-state index in [0.29, 0.717) is 0 Å². The van der Waals surface area contributed by atoms with Gasteiger partial charge >= 0.3 is 11.9 Å². The number of ether oxygens (including phenoxy) is 2. The third kappa shape index (κ3) is 14.3. The summed E-state index contributed by atoms with van der Waals surface area (Å²) >= 11 is 0. The molecule has 77 heavy (non-hydrogen) atoms. The van der Waals surface area contributed by atoms with E-state index in [1.165, 1.54) is 104 Å². The van der Waals surface area contributed by atoms with Crippen LogP contribution >= 0.6 is 0 Å². The lowest BCUT2D eigenvalue weighted by Gasteiger charge is -2.44. The van der Waals surface area contributed by atoms with E-state index in [-0.39, 0.29) is 16.5 Å². The zero-order valence-corrected chi connectivity index (χ0v) is 42.7. The minimum Gasteiger partial charge on any atom is -0.465 e. The highest BCUT2D eigenvalue weighted by atomic mass is 32.2. The van der Waals surface area contributed by atoms with Crippen molar-refractivity contribution in [3.63, 3.8) is 0 Å². The van der Waals surface area contributed by atoms with Crippen LogP contribution in [-0.4, -0.2) is 50.6 Å². The lowest BCUT2D eigenvalue weighted by atomic mass is 9.12. The summed E-state index contributed by atoms with van der Waals surface area (Å²) in [7, 11) is 2.73. The Hall–Kier alpha value is -5.43. The molecule has 0 spiro atoms. The summed E-state index contributed by atoms with van der Waals surface area (Å²) in [5, 5.41) is 0. The molecule has 0 aromatic heterocycles. The Balaban J connectivity index is 0.000000432. The second-order valence-corrected chi connectivity index (χ2v) is 20.2. The van der Waals surface area contributed by atoms with Gasteiger partial charge in [0.2, 0.25) is 0 Å². The van der Waals surface area contributed by atoms with Crippen molar-refractivity contribution in [1.29, 1.82) is 0 Å². The average molecular weight is 1150 g/mol. The highest BCUT2D eigenvalue weighted by Crippen LogP contribution is 2.31. The summed E-state index contributed by atoms with van der Waals surface area (Å²) in [4.78, 5) is 24.3. The van der Waals surface area contributed by atoms with E-state index in [4.69, 9.17) is 9.47 Å². The van der Waals surface area contributed by atoms with Gasteiger partial charge in [-0.2, -0.15) is 0 Å². The third-order valence-electron chi connectivity index (χ3n) is 12.6. The van der Waals surface area contributed by atoms with Gasteiger partial charge in [-0.1, -0.05) is 103 Å². The van der Waals surface area contributed by atoms with Gasteiger partial charge in [-0.05, 0) is 23.7 Å². The molecule has 4 aromatic carbocycles. The molecule has 0 saturated carbocycles. The minimum atomic E-state index is -7.22. The first-order valence-corrected chi connectivity index (χ1v) is 26.0. The van der Waals surface area contributed by atoms with Crippen molar-refractivity contribution in [2.75, 3.05) is 32.5 Å². The van der Waals surface area contributed by atoms with Crippen LogP contribution in [0.25, 0.3) is 0 Å². The fourth-order valence-corrected chi connectivity index (χ4v) is 9.94. The summed E-state index contributed by atoms with van der Waals surface area (Å²) in [5.41, 5.74) is -13.3. The van der Waals surface area contributed by atoms with Crippen LogP contribution in [0.15, 0.2) is 11.1 Å². The van der Waals surface area contributed by atoms with E-state index in [0.717, 1.165) is 30.6 Å². The number of carbonyl (C=O) groups is 2. The zero-order chi connectivity index (χ0) is 58.4. The Kier molecular flexibility index (Phi) is 25.2. The molecule has 0 saturated heterocycles. The van der Waals surface area contributed by atoms with Crippen LogP contribution in [0.1, 0.15) is 116 Å². The summed E-state index contributed by atoms with van der Waals surface area (Å²) in [6.45, 7) is 2.27. The number of hydrogen-bond donors (Lipinski definition) is 0. The molecular formula is C51H51BF20O4S.